The van der Waals surface area contributed by atoms with Gasteiger partial charge in [-0.15, -0.1) is 0 Å². The molecule has 0 amide bonds. The van der Waals surface area contributed by atoms with Crippen LogP contribution in [0, 0.1) is 18.3 Å². The Bertz CT molecular complexity index is 550. The molecule has 0 aliphatic rings. The zero-order valence-electron chi connectivity index (χ0n) is 9.67. The lowest BCUT2D eigenvalue weighted by Crippen LogP contribution is -2.04. The van der Waals surface area contributed by atoms with Gasteiger partial charge in [-0.2, -0.15) is 5.26 Å². The maximum Gasteiger partial charge on any atom is 0.219 e. The summed E-state index contributed by atoms with van der Waals surface area (Å²) in [4.78, 5) is -0.293. The molecule has 1 aromatic carbocycles. The first-order valence-corrected chi connectivity index (χ1v) is 6.54. The molecule has 0 N–H and O–H groups in total. The maximum atomic E-state index is 12.0. The molecule has 0 atom stereocenters. The Kier molecular flexibility index (Phi) is 4.30. The molecule has 0 unspecified atom stereocenters. The molecule has 0 aromatic heterocycles. The summed E-state index contributed by atoms with van der Waals surface area (Å²) in [6, 6.07) is 7.95. The molecule has 0 radical (unpaired) electrons. The zero-order chi connectivity index (χ0) is 12.9. The number of nitriles is 1. The maximum absolute atomic E-state index is 12.0. The number of aryl methyl sites for hydroxylation is 1. The number of sulfone groups is 1. The van der Waals surface area contributed by atoms with Crippen LogP contribution in [0.3, 0.4) is 0 Å². The van der Waals surface area contributed by atoms with Crippen molar-refractivity contribution in [3.05, 3.63) is 41.0 Å². The molecule has 1 rings (SSSR count). The van der Waals surface area contributed by atoms with Gasteiger partial charge >= 0.3 is 0 Å². The van der Waals surface area contributed by atoms with Crippen LogP contribution in [0.2, 0.25) is 0 Å². The van der Waals surface area contributed by atoms with Crippen molar-refractivity contribution in [1.29, 1.82) is 5.26 Å². The van der Waals surface area contributed by atoms with E-state index in [-0.39, 0.29) is 9.80 Å². The van der Waals surface area contributed by atoms with Crippen LogP contribution in [0.25, 0.3) is 0 Å². The highest BCUT2D eigenvalue weighted by Gasteiger charge is 2.20. The molecular formula is C12H13NO3S. The first kappa shape index (κ1) is 13.3. The third-order valence-corrected chi connectivity index (χ3v) is 3.75. The van der Waals surface area contributed by atoms with E-state index in [9.17, 15) is 8.42 Å². The fraction of sp³-hybridized carbons (Fsp3) is 0.250. The van der Waals surface area contributed by atoms with Gasteiger partial charge in [-0.3, -0.25) is 0 Å². The van der Waals surface area contributed by atoms with Gasteiger partial charge in [0.1, 0.15) is 12.3 Å². The number of rotatable bonds is 4. The van der Waals surface area contributed by atoms with E-state index in [2.05, 4.69) is 0 Å². The van der Waals surface area contributed by atoms with Gasteiger partial charge in [-0.25, -0.2) is 8.42 Å². The summed E-state index contributed by atoms with van der Waals surface area (Å²) in [5.74, 6) is 0. The molecule has 0 fully saturated rings. The van der Waals surface area contributed by atoms with Crippen LogP contribution < -0.4 is 0 Å². The molecule has 4 nitrogen and oxygen atoms in total. The van der Waals surface area contributed by atoms with Crippen molar-refractivity contribution in [2.45, 2.75) is 18.7 Å². The molecule has 0 saturated heterocycles. The van der Waals surface area contributed by atoms with Crippen molar-refractivity contribution >= 4 is 9.84 Å². The minimum atomic E-state index is -3.77. The molecule has 17 heavy (non-hydrogen) atoms. The van der Waals surface area contributed by atoms with E-state index < -0.39 is 9.84 Å². The topological polar surface area (TPSA) is 67.2 Å². The fourth-order valence-corrected chi connectivity index (χ4v) is 2.22. The minimum absolute atomic E-state index is 0.0932. The normalized spacial score (nSPS) is 11.9. The molecule has 0 saturated carbocycles. The smallest absolute Gasteiger partial charge is 0.219 e. The zero-order valence-corrected chi connectivity index (χ0v) is 10.5. The van der Waals surface area contributed by atoms with Gasteiger partial charge < -0.3 is 4.74 Å². The predicted octanol–water partition coefficient (Wildman–Crippen LogP) is 2.17. The molecule has 0 aliphatic heterocycles. The van der Waals surface area contributed by atoms with Gasteiger partial charge in [0.2, 0.25) is 9.84 Å². The van der Waals surface area contributed by atoms with E-state index in [1.165, 1.54) is 12.1 Å². The summed E-state index contributed by atoms with van der Waals surface area (Å²) in [5.41, 5.74) is 0.955. The van der Waals surface area contributed by atoms with E-state index in [0.717, 1.165) is 11.8 Å². The van der Waals surface area contributed by atoms with Crippen molar-refractivity contribution in [2.24, 2.45) is 0 Å². The quantitative estimate of drug-likeness (QED) is 0.607. The Labute approximate surface area is 101 Å². The van der Waals surface area contributed by atoms with Gasteiger partial charge in [0, 0.05) is 0 Å². The Morgan fingerprint density at radius 2 is 2.00 bits per heavy atom. The Balaban J connectivity index is 3.19. The number of hydrogen-bond donors (Lipinski definition) is 0. The van der Waals surface area contributed by atoms with Crippen molar-refractivity contribution < 1.29 is 13.2 Å². The second kappa shape index (κ2) is 5.51. The Hall–Kier alpha value is -1.80. The van der Waals surface area contributed by atoms with E-state index in [1.54, 1.807) is 25.1 Å². The fourth-order valence-electron chi connectivity index (χ4n) is 1.15. The summed E-state index contributed by atoms with van der Waals surface area (Å²) < 4.78 is 28.9. The highest BCUT2D eigenvalue weighted by atomic mass is 32.2. The minimum Gasteiger partial charge on any atom is -0.499 e. The highest BCUT2D eigenvalue weighted by molar-refractivity contribution is 7.95. The first-order valence-electron chi connectivity index (χ1n) is 5.06. The molecular weight excluding hydrogens is 238 g/mol. The number of hydrogen-bond acceptors (Lipinski definition) is 4. The van der Waals surface area contributed by atoms with Crippen LogP contribution in [0.4, 0.5) is 0 Å². The van der Waals surface area contributed by atoms with Crippen LogP contribution >= 0.6 is 0 Å². The van der Waals surface area contributed by atoms with Crippen molar-refractivity contribution in [1.82, 2.24) is 0 Å². The predicted molar refractivity (Wildman–Crippen MR) is 63.7 cm³/mol. The Morgan fingerprint density at radius 3 is 2.47 bits per heavy atom. The average molecular weight is 251 g/mol. The number of benzene rings is 1. The van der Waals surface area contributed by atoms with Gasteiger partial charge in [0.15, 0.2) is 4.91 Å². The second-order valence-electron chi connectivity index (χ2n) is 3.37. The van der Waals surface area contributed by atoms with Crippen LogP contribution in [0.5, 0.6) is 0 Å². The van der Waals surface area contributed by atoms with E-state index in [0.29, 0.717) is 6.61 Å². The molecule has 0 aliphatic carbocycles. The number of allylic oxidation sites excluding steroid dienone is 1. The Morgan fingerprint density at radius 1 is 1.41 bits per heavy atom. The summed E-state index contributed by atoms with van der Waals surface area (Å²) in [5, 5.41) is 8.83. The number of ether oxygens (including phenoxy) is 1. The molecule has 0 spiro atoms. The summed E-state index contributed by atoms with van der Waals surface area (Å²) in [7, 11) is -3.77. The molecule has 0 heterocycles. The van der Waals surface area contributed by atoms with Crippen LogP contribution in [0.1, 0.15) is 12.5 Å². The summed E-state index contributed by atoms with van der Waals surface area (Å²) in [6.45, 7) is 3.89. The molecule has 90 valence electrons. The molecule has 1 aromatic rings. The third kappa shape index (κ3) is 3.08. The standard InChI is InChI=1S/C12H13NO3S/c1-3-16-9-12(8-13)17(14,15)11-6-4-10(2)5-7-11/h4-7,9H,3H2,1-2H3. The van der Waals surface area contributed by atoms with E-state index >= 15 is 0 Å². The van der Waals surface area contributed by atoms with Crippen molar-refractivity contribution in [2.75, 3.05) is 6.61 Å². The molecule has 0 bridgehead atoms. The lowest BCUT2D eigenvalue weighted by atomic mass is 10.2. The van der Waals surface area contributed by atoms with Gasteiger partial charge in [-0.05, 0) is 26.0 Å². The second-order valence-corrected chi connectivity index (χ2v) is 5.28. The number of nitrogens with zero attached hydrogens (tertiary/aromatic N) is 1. The van der Waals surface area contributed by atoms with Crippen molar-refractivity contribution in [3.8, 4) is 6.07 Å². The van der Waals surface area contributed by atoms with E-state index in [4.69, 9.17) is 10.00 Å². The van der Waals surface area contributed by atoms with Crippen LogP contribution in [-0.2, 0) is 14.6 Å². The lowest BCUT2D eigenvalue weighted by Gasteiger charge is -2.03. The first-order chi connectivity index (χ1) is 8.02. The lowest BCUT2D eigenvalue weighted by molar-refractivity contribution is 0.268. The SMILES string of the molecule is CCOC=C(C#N)S(=O)(=O)c1ccc(C)cc1. The largest absolute Gasteiger partial charge is 0.499 e. The molecule has 5 heteroatoms. The third-order valence-electron chi connectivity index (χ3n) is 2.09. The highest BCUT2D eigenvalue weighted by Crippen LogP contribution is 2.19. The van der Waals surface area contributed by atoms with Crippen LogP contribution in [-0.4, -0.2) is 15.0 Å². The monoisotopic (exact) mass is 251 g/mol. The van der Waals surface area contributed by atoms with Gasteiger partial charge in [0.05, 0.1) is 11.5 Å². The van der Waals surface area contributed by atoms with Crippen molar-refractivity contribution in [3.63, 3.8) is 0 Å². The van der Waals surface area contributed by atoms with Crippen LogP contribution in [0.15, 0.2) is 40.3 Å². The van der Waals surface area contributed by atoms with Gasteiger partial charge in [-0.1, -0.05) is 17.7 Å². The average Bonchev–Trinajstić information content (AvgIpc) is 2.30. The van der Waals surface area contributed by atoms with Gasteiger partial charge in [0.25, 0.3) is 0 Å². The summed E-state index contributed by atoms with van der Waals surface area (Å²) >= 11 is 0. The van der Waals surface area contributed by atoms with E-state index in [1.807, 2.05) is 6.92 Å². The summed E-state index contributed by atoms with van der Waals surface area (Å²) in [6.07, 6.45) is 0.981.